The molecule has 4 rings (SSSR count). The Morgan fingerprint density at radius 2 is 2.41 bits per heavy atom. The number of halogens is 1. The number of carbonyl (C=O) groups excluding carboxylic acids is 1. The number of aliphatic hydroxyl groups excluding tert-OH is 1. The normalized spacial score (nSPS) is 30.3. The third kappa shape index (κ3) is 3.50. The summed E-state index contributed by atoms with van der Waals surface area (Å²) >= 11 is 7.71. The van der Waals surface area contributed by atoms with Crippen molar-refractivity contribution in [1.82, 2.24) is 20.3 Å². The molecule has 0 bridgehead atoms. The Balaban J connectivity index is 1.63. The van der Waals surface area contributed by atoms with Gasteiger partial charge in [0.15, 0.2) is 0 Å². The van der Waals surface area contributed by atoms with Gasteiger partial charge >= 0.3 is 5.97 Å². The lowest BCUT2D eigenvalue weighted by molar-refractivity contribution is -0.141. The van der Waals surface area contributed by atoms with E-state index in [0.717, 1.165) is 22.6 Å². The molecular weight excluding hydrogens is 392 g/mol. The lowest BCUT2D eigenvalue weighted by Crippen LogP contribution is -2.50. The summed E-state index contributed by atoms with van der Waals surface area (Å²) in [7, 11) is 1.34. The van der Waals surface area contributed by atoms with Crippen molar-refractivity contribution in [3.8, 4) is 0 Å². The van der Waals surface area contributed by atoms with Gasteiger partial charge in [-0.1, -0.05) is 16.8 Å². The van der Waals surface area contributed by atoms with E-state index >= 15 is 0 Å². The van der Waals surface area contributed by atoms with Crippen molar-refractivity contribution in [2.24, 2.45) is 0 Å². The maximum atomic E-state index is 11.5. The van der Waals surface area contributed by atoms with Crippen LogP contribution in [0.4, 0.5) is 0 Å². The summed E-state index contributed by atoms with van der Waals surface area (Å²) in [6.07, 6.45) is 2.51. The first-order valence-corrected chi connectivity index (χ1v) is 9.94. The highest BCUT2D eigenvalue weighted by molar-refractivity contribution is 7.16. The molecule has 10 heteroatoms. The van der Waals surface area contributed by atoms with Crippen LogP contribution in [0.15, 0.2) is 12.3 Å². The van der Waals surface area contributed by atoms with E-state index in [4.69, 9.17) is 16.3 Å². The van der Waals surface area contributed by atoms with E-state index in [1.54, 1.807) is 6.20 Å². The lowest BCUT2D eigenvalue weighted by atomic mass is 9.79. The minimum Gasteiger partial charge on any atom is -0.468 e. The van der Waals surface area contributed by atoms with Gasteiger partial charge < -0.3 is 19.9 Å². The average molecular weight is 413 g/mol. The molecule has 1 fully saturated rings. The molecule has 2 aliphatic rings. The molecule has 0 radical (unpaired) electrons. The molecule has 2 aliphatic heterocycles. The largest absolute Gasteiger partial charge is 0.468 e. The Morgan fingerprint density at radius 1 is 1.59 bits per heavy atom. The van der Waals surface area contributed by atoms with Gasteiger partial charge in [0.1, 0.15) is 18.2 Å². The predicted octanol–water partition coefficient (Wildman–Crippen LogP) is 1.94. The minimum absolute atomic E-state index is 0.0181. The monoisotopic (exact) mass is 412 g/mol. The molecule has 4 atom stereocenters. The third-order valence-corrected chi connectivity index (χ3v) is 6.57. The van der Waals surface area contributed by atoms with E-state index in [1.165, 1.54) is 23.1 Å². The number of carbonyl (C=O) groups is 1. The highest BCUT2D eigenvalue weighted by Gasteiger charge is 2.48. The van der Waals surface area contributed by atoms with Gasteiger partial charge in [0.05, 0.1) is 36.0 Å². The molecule has 0 aliphatic carbocycles. The van der Waals surface area contributed by atoms with Crippen LogP contribution in [0.3, 0.4) is 0 Å². The first kappa shape index (κ1) is 18.8. The fourth-order valence-electron chi connectivity index (χ4n) is 3.98. The van der Waals surface area contributed by atoms with Crippen LogP contribution < -0.4 is 5.32 Å². The topological polar surface area (TPSA) is 98.5 Å². The Kier molecular flexibility index (Phi) is 4.98. The number of nitrogens with zero attached hydrogens (tertiary/aromatic N) is 3. The van der Waals surface area contributed by atoms with E-state index in [0.29, 0.717) is 10.8 Å². The second-order valence-electron chi connectivity index (χ2n) is 7.10. The van der Waals surface area contributed by atoms with Gasteiger partial charge in [-0.3, -0.25) is 4.79 Å². The second-order valence-corrected chi connectivity index (χ2v) is 8.79. The van der Waals surface area contributed by atoms with Crippen LogP contribution in [-0.4, -0.2) is 45.8 Å². The Bertz CT molecular complexity index is 856. The van der Waals surface area contributed by atoms with Gasteiger partial charge in [0, 0.05) is 22.9 Å². The van der Waals surface area contributed by atoms with Gasteiger partial charge in [0.2, 0.25) is 0 Å². The SMILES string of the molecule is COC(=O)Cn1cc([C@@H]2C[C@]3(C[C@H](C)N2)OC[C@@H](O)c2cc(Cl)sc23)nn1. The molecule has 1 spiro atoms. The maximum Gasteiger partial charge on any atom is 0.327 e. The number of nitrogens with one attached hydrogen (secondary N) is 1. The Labute approximate surface area is 165 Å². The van der Waals surface area contributed by atoms with E-state index in [2.05, 4.69) is 27.3 Å². The van der Waals surface area contributed by atoms with Crippen LogP contribution in [0.5, 0.6) is 0 Å². The zero-order valence-corrected chi connectivity index (χ0v) is 16.6. The predicted molar refractivity (Wildman–Crippen MR) is 98.5 cm³/mol. The second kappa shape index (κ2) is 7.14. The molecule has 2 aromatic rings. The number of aromatic nitrogens is 3. The van der Waals surface area contributed by atoms with Crippen molar-refractivity contribution in [3.63, 3.8) is 0 Å². The van der Waals surface area contributed by atoms with Gasteiger partial charge in [-0.05, 0) is 19.4 Å². The number of fused-ring (bicyclic) bond motifs is 2. The standard InChI is InChI=1S/C17H21ClN4O4S/c1-9-4-17(16-10(3-14(18)27-16)13(23)8-26-17)5-11(19-9)12-6-22(21-20-12)7-15(24)25-2/h3,6,9,11,13,19,23H,4-5,7-8H2,1-2H3/t9-,11-,13+,17-/m0/s1. The first-order valence-electron chi connectivity index (χ1n) is 8.75. The summed E-state index contributed by atoms with van der Waals surface area (Å²) in [5.74, 6) is -0.379. The number of hydrogen-bond acceptors (Lipinski definition) is 8. The number of methoxy groups -OCH3 is 1. The number of aliphatic hydroxyl groups is 1. The molecule has 4 heterocycles. The van der Waals surface area contributed by atoms with Crippen molar-refractivity contribution in [3.05, 3.63) is 32.7 Å². The molecule has 0 unspecified atom stereocenters. The van der Waals surface area contributed by atoms with Gasteiger partial charge in [-0.2, -0.15) is 0 Å². The maximum absolute atomic E-state index is 11.5. The molecule has 2 N–H and O–H groups in total. The van der Waals surface area contributed by atoms with Crippen LogP contribution in [0, 0.1) is 0 Å². The van der Waals surface area contributed by atoms with E-state index in [9.17, 15) is 9.90 Å². The molecule has 0 aromatic carbocycles. The molecule has 2 aromatic heterocycles. The number of hydrogen-bond donors (Lipinski definition) is 2. The Morgan fingerprint density at radius 3 is 3.19 bits per heavy atom. The van der Waals surface area contributed by atoms with Gasteiger partial charge in [-0.15, -0.1) is 16.4 Å². The lowest BCUT2D eigenvalue weighted by Gasteiger charge is -2.46. The first-order chi connectivity index (χ1) is 12.9. The summed E-state index contributed by atoms with van der Waals surface area (Å²) in [4.78, 5) is 12.4. The average Bonchev–Trinajstić information content (AvgIpc) is 3.25. The van der Waals surface area contributed by atoms with Gasteiger partial charge in [0.25, 0.3) is 0 Å². The van der Waals surface area contributed by atoms with E-state index in [-0.39, 0.29) is 31.2 Å². The molecule has 0 saturated carbocycles. The molecule has 146 valence electrons. The summed E-state index contributed by atoms with van der Waals surface area (Å²) in [6.45, 7) is 2.36. The fraction of sp³-hybridized carbons (Fsp3) is 0.588. The number of piperidine rings is 1. The van der Waals surface area contributed by atoms with Crippen LogP contribution in [0.2, 0.25) is 4.34 Å². The van der Waals surface area contributed by atoms with Crippen molar-refractivity contribution in [2.45, 2.75) is 50.1 Å². The summed E-state index contributed by atoms with van der Waals surface area (Å²) in [5, 5.41) is 22.1. The van der Waals surface area contributed by atoms with Crippen LogP contribution in [-0.2, 0) is 26.4 Å². The summed E-state index contributed by atoms with van der Waals surface area (Å²) in [5.41, 5.74) is 1.08. The zero-order valence-electron chi connectivity index (χ0n) is 15.0. The van der Waals surface area contributed by atoms with E-state index in [1.807, 2.05) is 6.07 Å². The van der Waals surface area contributed by atoms with Crippen molar-refractivity contribution in [1.29, 1.82) is 0 Å². The smallest absolute Gasteiger partial charge is 0.327 e. The van der Waals surface area contributed by atoms with Crippen molar-refractivity contribution in [2.75, 3.05) is 13.7 Å². The van der Waals surface area contributed by atoms with Crippen LogP contribution in [0.1, 0.15) is 48.0 Å². The molecular formula is C17H21ClN4O4S. The molecule has 27 heavy (non-hydrogen) atoms. The Hall–Kier alpha value is -1.52. The summed E-state index contributed by atoms with van der Waals surface area (Å²) < 4.78 is 13.0. The highest BCUT2D eigenvalue weighted by Crippen LogP contribution is 2.51. The van der Waals surface area contributed by atoms with Crippen LogP contribution >= 0.6 is 22.9 Å². The number of ether oxygens (including phenoxy) is 2. The van der Waals surface area contributed by atoms with Crippen LogP contribution in [0.25, 0.3) is 0 Å². The zero-order chi connectivity index (χ0) is 19.2. The molecule has 0 amide bonds. The third-order valence-electron chi connectivity index (χ3n) is 5.11. The van der Waals surface area contributed by atoms with Gasteiger partial charge in [-0.25, -0.2) is 4.68 Å². The number of thiophene rings is 1. The molecule has 1 saturated heterocycles. The summed E-state index contributed by atoms with van der Waals surface area (Å²) in [6, 6.07) is 1.91. The minimum atomic E-state index is -0.654. The van der Waals surface area contributed by atoms with Crippen molar-refractivity contribution >= 4 is 28.9 Å². The fourth-order valence-corrected chi connectivity index (χ4v) is 5.43. The highest BCUT2D eigenvalue weighted by atomic mass is 35.5. The molecule has 8 nitrogen and oxygen atoms in total. The number of rotatable bonds is 3. The van der Waals surface area contributed by atoms with Crippen molar-refractivity contribution < 1.29 is 19.4 Å². The quantitative estimate of drug-likeness (QED) is 0.743. The number of esters is 1. The van der Waals surface area contributed by atoms with E-state index < -0.39 is 11.7 Å².